The van der Waals surface area contributed by atoms with Gasteiger partial charge in [-0.15, -0.1) is 0 Å². The number of nitriles is 1. The summed E-state index contributed by atoms with van der Waals surface area (Å²) in [6, 6.07) is 23.2. The Hall–Kier alpha value is -3.62. The highest BCUT2D eigenvalue weighted by molar-refractivity contribution is 9.10. The Morgan fingerprint density at radius 2 is 1.55 bits per heavy atom. The van der Waals surface area contributed by atoms with Crippen LogP contribution in [-0.2, 0) is 0 Å². The number of phenolic OH excluding ortho intramolecular Hbond substituents is 1. The van der Waals surface area contributed by atoms with E-state index in [2.05, 4.69) is 27.0 Å². The van der Waals surface area contributed by atoms with Gasteiger partial charge >= 0.3 is 0 Å². The lowest BCUT2D eigenvalue weighted by Crippen LogP contribution is -1.85. The number of nitrogens with zero attached hydrogens (tertiary/aromatic N) is 2. The molecule has 4 rings (SSSR count). The number of hydrogen-bond acceptors (Lipinski definition) is 4. The largest absolute Gasteiger partial charge is 0.507 e. The lowest BCUT2D eigenvalue weighted by molar-refractivity contribution is 0.474. The molecular formula is C26H19BrN2O2. The van der Waals surface area contributed by atoms with Gasteiger partial charge in [0, 0.05) is 27.4 Å². The van der Waals surface area contributed by atoms with E-state index in [1.54, 1.807) is 18.2 Å². The minimum atomic E-state index is 0.0922. The number of aromatic hydroxyl groups is 1. The van der Waals surface area contributed by atoms with E-state index in [0.717, 1.165) is 26.7 Å². The van der Waals surface area contributed by atoms with Crippen LogP contribution < -0.4 is 0 Å². The maximum atomic E-state index is 10.1. The van der Waals surface area contributed by atoms with Crippen LogP contribution in [0.5, 0.6) is 5.75 Å². The van der Waals surface area contributed by atoms with Crippen molar-refractivity contribution < 1.29 is 9.52 Å². The molecule has 3 aromatic carbocycles. The molecule has 0 bridgehead atoms. The second kappa shape index (κ2) is 8.63. The smallest absolute Gasteiger partial charge is 0.238 e. The van der Waals surface area contributed by atoms with Crippen molar-refractivity contribution in [2.24, 2.45) is 4.99 Å². The second-order valence-corrected chi connectivity index (χ2v) is 8.21. The van der Waals surface area contributed by atoms with Crippen LogP contribution in [-0.4, -0.2) is 11.3 Å². The normalized spacial score (nSPS) is 11.0. The Kier molecular flexibility index (Phi) is 5.75. The van der Waals surface area contributed by atoms with Gasteiger partial charge in [-0.3, -0.25) is 0 Å². The number of rotatable bonds is 4. The molecule has 4 aromatic rings. The Labute approximate surface area is 189 Å². The molecule has 0 radical (unpaired) electrons. The van der Waals surface area contributed by atoms with Gasteiger partial charge in [0.15, 0.2) is 0 Å². The third-order valence-electron chi connectivity index (χ3n) is 4.97. The SMILES string of the molecule is Cc1ccc(-c2oc(N=Cc3cc(Br)ccc3O)c(C#N)c2-c2ccc(C)cc2)cc1. The second-order valence-electron chi connectivity index (χ2n) is 7.29. The number of aliphatic imine (C=N–C) groups is 1. The summed E-state index contributed by atoms with van der Waals surface area (Å²) in [6.45, 7) is 4.04. The molecule has 0 aliphatic rings. The number of aryl methyl sites for hydroxylation is 2. The van der Waals surface area contributed by atoms with Crippen LogP contribution in [0.2, 0.25) is 0 Å². The Morgan fingerprint density at radius 1 is 0.935 bits per heavy atom. The zero-order valence-corrected chi connectivity index (χ0v) is 18.6. The average molecular weight is 471 g/mol. The van der Waals surface area contributed by atoms with E-state index >= 15 is 0 Å². The van der Waals surface area contributed by atoms with E-state index in [-0.39, 0.29) is 11.6 Å². The first-order chi connectivity index (χ1) is 15.0. The third-order valence-corrected chi connectivity index (χ3v) is 5.46. The Balaban J connectivity index is 1.90. The summed E-state index contributed by atoms with van der Waals surface area (Å²) in [6.07, 6.45) is 1.50. The molecule has 0 aliphatic carbocycles. The minimum Gasteiger partial charge on any atom is -0.507 e. The van der Waals surface area contributed by atoms with Crippen molar-refractivity contribution in [1.29, 1.82) is 5.26 Å². The van der Waals surface area contributed by atoms with Crippen molar-refractivity contribution in [2.75, 3.05) is 0 Å². The predicted molar refractivity (Wildman–Crippen MR) is 127 cm³/mol. The van der Waals surface area contributed by atoms with Gasteiger partial charge in [-0.1, -0.05) is 75.6 Å². The van der Waals surface area contributed by atoms with E-state index in [4.69, 9.17) is 4.42 Å². The molecule has 1 N–H and O–H groups in total. The van der Waals surface area contributed by atoms with Crippen molar-refractivity contribution in [2.45, 2.75) is 13.8 Å². The highest BCUT2D eigenvalue weighted by Gasteiger charge is 2.22. The molecule has 5 heteroatoms. The number of furan rings is 1. The van der Waals surface area contributed by atoms with Gasteiger partial charge in [0.2, 0.25) is 5.88 Å². The number of phenols is 1. The molecule has 0 saturated heterocycles. The van der Waals surface area contributed by atoms with Crippen molar-refractivity contribution in [3.05, 3.63) is 93.5 Å². The summed E-state index contributed by atoms with van der Waals surface area (Å²) in [5.41, 5.74) is 5.59. The molecule has 0 amide bonds. The van der Waals surface area contributed by atoms with Gasteiger partial charge in [0.25, 0.3) is 0 Å². The molecule has 0 unspecified atom stereocenters. The third kappa shape index (κ3) is 4.30. The molecule has 0 aliphatic heterocycles. The van der Waals surface area contributed by atoms with Crippen molar-refractivity contribution in [3.63, 3.8) is 0 Å². The Bertz CT molecular complexity index is 1310. The predicted octanol–water partition coefficient (Wildman–Crippen LogP) is 7.32. The minimum absolute atomic E-state index is 0.0922. The molecule has 1 heterocycles. The van der Waals surface area contributed by atoms with Gasteiger partial charge in [-0.25, -0.2) is 4.99 Å². The van der Waals surface area contributed by atoms with Gasteiger partial charge in [-0.2, -0.15) is 5.26 Å². The molecule has 0 atom stereocenters. The topological polar surface area (TPSA) is 69.5 Å². The van der Waals surface area contributed by atoms with Crippen molar-refractivity contribution in [1.82, 2.24) is 0 Å². The van der Waals surface area contributed by atoms with Crippen molar-refractivity contribution >= 4 is 28.0 Å². The Morgan fingerprint density at radius 3 is 2.16 bits per heavy atom. The maximum absolute atomic E-state index is 10.1. The van der Waals surface area contributed by atoms with Crippen LogP contribution in [0.4, 0.5) is 5.88 Å². The van der Waals surface area contributed by atoms with Gasteiger partial charge < -0.3 is 9.52 Å². The van der Waals surface area contributed by atoms with E-state index in [1.807, 2.05) is 62.4 Å². The van der Waals surface area contributed by atoms with Crippen LogP contribution in [0, 0.1) is 25.2 Å². The summed E-state index contributed by atoms with van der Waals surface area (Å²) < 4.78 is 6.94. The summed E-state index contributed by atoms with van der Waals surface area (Å²) in [5.74, 6) is 0.883. The van der Waals surface area contributed by atoms with Crippen molar-refractivity contribution in [3.8, 4) is 34.3 Å². The zero-order valence-electron chi connectivity index (χ0n) is 17.1. The van der Waals surface area contributed by atoms with E-state index in [0.29, 0.717) is 22.5 Å². The first-order valence-electron chi connectivity index (χ1n) is 9.70. The fourth-order valence-electron chi connectivity index (χ4n) is 3.27. The summed E-state index contributed by atoms with van der Waals surface area (Å²) in [7, 11) is 0. The molecule has 1 aromatic heterocycles. The van der Waals surface area contributed by atoms with Crippen LogP contribution >= 0.6 is 15.9 Å². The molecule has 31 heavy (non-hydrogen) atoms. The fourth-order valence-corrected chi connectivity index (χ4v) is 3.65. The molecular weight excluding hydrogens is 452 g/mol. The zero-order chi connectivity index (χ0) is 22.0. The van der Waals surface area contributed by atoms with Gasteiger partial charge in [-0.05, 0) is 37.6 Å². The first-order valence-corrected chi connectivity index (χ1v) is 10.5. The lowest BCUT2D eigenvalue weighted by atomic mass is 9.97. The van der Waals surface area contributed by atoms with Crippen LogP contribution in [0.1, 0.15) is 22.3 Å². The highest BCUT2D eigenvalue weighted by atomic mass is 79.9. The first kappa shape index (κ1) is 20.6. The van der Waals surface area contributed by atoms with Crippen LogP contribution in [0.25, 0.3) is 22.5 Å². The molecule has 0 spiro atoms. The van der Waals surface area contributed by atoms with Crippen LogP contribution in [0.15, 0.2) is 80.6 Å². The fraction of sp³-hybridized carbons (Fsp3) is 0.0769. The summed E-state index contributed by atoms with van der Waals surface area (Å²) in [4.78, 5) is 4.42. The molecule has 0 fully saturated rings. The molecule has 0 saturated carbocycles. The molecule has 152 valence electrons. The van der Waals surface area contributed by atoms with Gasteiger partial charge in [0.1, 0.15) is 23.1 Å². The average Bonchev–Trinajstić information content (AvgIpc) is 3.14. The monoisotopic (exact) mass is 470 g/mol. The highest BCUT2D eigenvalue weighted by Crippen LogP contribution is 2.42. The van der Waals surface area contributed by atoms with Gasteiger partial charge in [0.05, 0.1) is 0 Å². The van der Waals surface area contributed by atoms with E-state index in [9.17, 15) is 10.4 Å². The van der Waals surface area contributed by atoms with E-state index < -0.39 is 0 Å². The van der Waals surface area contributed by atoms with E-state index in [1.165, 1.54) is 6.21 Å². The standard InChI is InChI=1S/C26H19BrN2O2/c1-16-3-7-18(8-4-16)24-22(14-28)26(29-15-20-13-21(27)11-12-23(20)30)31-25(24)19-9-5-17(2)6-10-19/h3-13,15,30H,1-2H3. The quantitative estimate of drug-likeness (QED) is 0.317. The summed E-state index contributed by atoms with van der Waals surface area (Å²) >= 11 is 3.39. The number of hydrogen-bond donors (Lipinski definition) is 1. The number of benzene rings is 3. The maximum Gasteiger partial charge on any atom is 0.238 e. The van der Waals surface area contributed by atoms with Crippen LogP contribution in [0.3, 0.4) is 0 Å². The molecule has 4 nitrogen and oxygen atoms in total. The lowest BCUT2D eigenvalue weighted by Gasteiger charge is -2.05. The summed E-state index contributed by atoms with van der Waals surface area (Å²) in [5, 5.41) is 20.1. The number of halogens is 1.